The molecule has 2 aliphatic rings. The third-order valence-electron chi connectivity index (χ3n) is 4.77. The average Bonchev–Trinajstić information content (AvgIpc) is 3.00. The molecule has 1 amide bonds. The van der Waals surface area contributed by atoms with Crippen LogP contribution < -0.4 is 5.32 Å². The van der Waals surface area contributed by atoms with Gasteiger partial charge in [0, 0.05) is 25.8 Å². The van der Waals surface area contributed by atoms with Gasteiger partial charge in [0.1, 0.15) is 4.88 Å². The highest BCUT2D eigenvalue weighted by molar-refractivity contribution is 7.07. The van der Waals surface area contributed by atoms with Crippen molar-refractivity contribution in [3.05, 3.63) is 10.6 Å². The zero-order valence-electron chi connectivity index (χ0n) is 13.1. The molecule has 0 saturated carbocycles. The number of hydrogen-bond acceptors (Lipinski definition) is 6. The lowest BCUT2D eigenvalue weighted by molar-refractivity contribution is 0.0211. The van der Waals surface area contributed by atoms with Crippen LogP contribution in [0, 0.1) is 12.8 Å². The van der Waals surface area contributed by atoms with E-state index < -0.39 is 0 Å². The molecular formula is C15H24N4O2S. The Kier molecular flexibility index (Phi) is 5.38. The van der Waals surface area contributed by atoms with Crippen LogP contribution in [0.15, 0.2) is 0 Å². The van der Waals surface area contributed by atoms with Crippen molar-refractivity contribution in [1.82, 2.24) is 19.8 Å². The molecule has 122 valence electrons. The lowest BCUT2D eigenvalue weighted by Crippen LogP contribution is -2.45. The molecular weight excluding hydrogens is 300 g/mol. The number of aryl methyl sites for hydroxylation is 1. The molecule has 0 aromatic carbocycles. The predicted molar refractivity (Wildman–Crippen MR) is 85.1 cm³/mol. The SMILES string of the molecule is Cc1nnsc1C(=O)NCC1CCN(C2CCOCC2)CC1. The largest absolute Gasteiger partial charge is 0.381 e. The maximum absolute atomic E-state index is 12.1. The van der Waals surface area contributed by atoms with E-state index in [0.717, 1.165) is 51.4 Å². The lowest BCUT2D eigenvalue weighted by atomic mass is 9.94. The summed E-state index contributed by atoms with van der Waals surface area (Å²) in [5.74, 6) is 0.556. The minimum atomic E-state index is -0.0284. The molecule has 2 fully saturated rings. The van der Waals surface area contributed by atoms with Gasteiger partial charge < -0.3 is 15.0 Å². The number of nitrogens with one attached hydrogen (secondary N) is 1. The Morgan fingerprint density at radius 2 is 2.05 bits per heavy atom. The van der Waals surface area contributed by atoms with E-state index in [1.807, 2.05) is 6.92 Å². The summed E-state index contributed by atoms with van der Waals surface area (Å²) >= 11 is 1.17. The van der Waals surface area contributed by atoms with Crippen molar-refractivity contribution >= 4 is 17.4 Å². The zero-order chi connectivity index (χ0) is 15.4. The van der Waals surface area contributed by atoms with Crippen molar-refractivity contribution in [2.75, 3.05) is 32.8 Å². The van der Waals surface area contributed by atoms with Crippen molar-refractivity contribution in [2.24, 2.45) is 5.92 Å². The van der Waals surface area contributed by atoms with Crippen LogP contribution in [0.5, 0.6) is 0 Å². The van der Waals surface area contributed by atoms with Gasteiger partial charge in [0.05, 0.1) is 5.69 Å². The van der Waals surface area contributed by atoms with Gasteiger partial charge in [-0.25, -0.2) is 0 Å². The normalized spacial score (nSPS) is 21.9. The van der Waals surface area contributed by atoms with E-state index in [9.17, 15) is 4.79 Å². The number of amides is 1. The van der Waals surface area contributed by atoms with Crippen LogP contribution in [-0.2, 0) is 4.74 Å². The molecule has 1 aromatic rings. The number of hydrogen-bond donors (Lipinski definition) is 1. The summed E-state index contributed by atoms with van der Waals surface area (Å²) < 4.78 is 9.25. The third-order valence-corrected chi connectivity index (χ3v) is 5.59. The number of carbonyl (C=O) groups excluding carboxylic acids is 1. The Morgan fingerprint density at radius 3 is 2.68 bits per heavy atom. The van der Waals surface area contributed by atoms with Crippen molar-refractivity contribution in [3.63, 3.8) is 0 Å². The summed E-state index contributed by atoms with van der Waals surface area (Å²) in [5, 5.41) is 6.93. The van der Waals surface area contributed by atoms with Crippen LogP contribution in [0.3, 0.4) is 0 Å². The first kappa shape index (κ1) is 15.8. The quantitative estimate of drug-likeness (QED) is 0.908. The van der Waals surface area contributed by atoms with Gasteiger partial charge in [-0.05, 0) is 63.1 Å². The Balaban J connectivity index is 1.40. The molecule has 0 radical (unpaired) electrons. The smallest absolute Gasteiger partial charge is 0.264 e. The average molecular weight is 324 g/mol. The third kappa shape index (κ3) is 3.83. The minimum Gasteiger partial charge on any atom is -0.381 e. The van der Waals surface area contributed by atoms with E-state index in [0.29, 0.717) is 16.8 Å². The van der Waals surface area contributed by atoms with Gasteiger partial charge in [0.25, 0.3) is 5.91 Å². The fourth-order valence-electron chi connectivity index (χ4n) is 3.33. The van der Waals surface area contributed by atoms with Crippen molar-refractivity contribution in [3.8, 4) is 0 Å². The van der Waals surface area contributed by atoms with Crippen LogP contribution in [0.1, 0.15) is 41.0 Å². The standard InChI is InChI=1S/C15H24N4O2S/c1-11-14(22-18-17-11)15(20)16-10-12-2-6-19(7-3-12)13-4-8-21-9-5-13/h12-13H,2-10H2,1H3,(H,16,20). The van der Waals surface area contributed by atoms with Gasteiger partial charge in [0.15, 0.2) is 0 Å². The van der Waals surface area contributed by atoms with Gasteiger partial charge in [-0.15, -0.1) is 5.10 Å². The van der Waals surface area contributed by atoms with Crippen molar-refractivity contribution < 1.29 is 9.53 Å². The Labute approximate surface area is 135 Å². The second kappa shape index (κ2) is 7.48. The summed E-state index contributed by atoms with van der Waals surface area (Å²) in [6.07, 6.45) is 4.66. The van der Waals surface area contributed by atoms with Crippen molar-refractivity contribution in [1.29, 1.82) is 0 Å². The van der Waals surface area contributed by atoms with Crippen LogP contribution in [-0.4, -0.2) is 59.3 Å². The summed E-state index contributed by atoms with van der Waals surface area (Å²) in [6.45, 7) is 6.69. The molecule has 2 aliphatic heterocycles. The molecule has 0 atom stereocenters. The van der Waals surface area contributed by atoms with E-state index in [4.69, 9.17) is 4.74 Å². The number of nitrogens with zero attached hydrogens (tertiary/aromatic N) is 3. The summed E-state index contributed by atoms with van der Waals surface area (Å²) in [5.41, 5.74) is 0.719. The number of ether oxygens (including phenoxy) is 1. The molecule has 7 heteroatoms. The van der Waals surface area contributed by atoms with E-state index in [1.54, 1.807) is 0 Å². The van der Waals surface area contributed by atoms with Crippen LogP contribution in [0.25, 0.3) is 0 Å². The summed E-state index contributed by atoms with van der Waals surface area (Å²) in [7, 11) is 0. The monoisotopic (exact) mass is 324 g/mol. The van der Waals surface area contributed by atoms with Gasteiger partial charge in [0.2, 0.25) is 0 Å². The molecule has 1 aromatic heterocycles. The summed E-state index contributed by atoms with van der Waals surface area (Å²) in [6, 6.07) is 0.704. The van der Waals surface area contributed by atoms with Crippen LogP contribution in [0.4, 0.5) is 0 Å². The molecule has 0 unspecified atom stereocenters. The molecule has 22 heavy (non-hydrogen) atoms. The second-order valence-corrected chi connectivity index (χ2v) is 6.97. The molecule has 2 saturated heterocycles. The van der Waals surface area contributed by atoms with Gasteiger partial charge in [-0.2, -0.15) is 0 Å². The van der Waals surface area contributed by atoms with E-state index >= 15 is 0 Å². The molecule has 3 rings (SSSR count). The fourth-order valence-corrected chi connectivity index (χ4v) is 3.90. The van der Waals surface area contributed by atoms with Gasteiger partial charge >= 0.3 is 0 Å². The first-order valence-corrected chi connectivity index (χ1v) is 8.90. The summed E-state index contributed by atoms with van der Waals surface area (Å²) in [4.78, 5) is 15.3. The van der Waals surface area contributed by atoms with Crippen LogP contribution >= 0.6 is 11.5 Å². The van der Waals surface area contributed by atoms with Gasteiger partial charge in [-0.3, -0.25) is 4.79 Å². The highest BCUT2D eigenvalue weighted by atomic mass is 32.1. The Morgan fingerprint density at radius 1 is 1.32 bits per heavy atom. The number of aromatic nitrogens is 2. The number of piperidine rings is 1. The zero-order valence-corrected chi connectivity index (χ0v) is 13.9. The topological polar surface area (TPSA) is 67.4 Å². The first-order valence-electron chi connectivity index (χ1n) is 8.13. The van der Waals surface area contributed by atoms with Crippen molar-refractivity contribution in [2.45, 2.75) is 38.6 Å². The van der Waals surface area contributed by atoms with Gasteiger partial charge in [-0.1, -0.05) is 4.49 Å². The maximum atomic E-state index is 12.1. The molecule has 3 heterocycles. The Bertz CT molecular complexity index is 493. The molecule has 0 spiro atoms. The number of carbonyl (C=O) groups is 1. The highest BCUT2D eigenvalue weighted by Crippen LogP contribution is 2.23. The molecule has 1 N–H and O–H groups in total. The van der Waals surface area contributed by atoms with E-state index in [1.165, 1.54) is 24.4 Å². The van der Waals surface area contributed by atoms with E-state index in [-0.39, 0.29) is 5.91 Å². The minimum absolute atomic E-state index is 0.0284. The van der Waals surface area contributed by atoms with E-state index in [2.05, 4.69) is 19.8 Å². The molecule has 0 bridgehead atoms. The number of likely N-dealkylation sites (tertiary alicyclic amines) is 1. The highest BCUT2D eigenvalue weighted by Gasteiger charge is 2.26. The second-order valence-electron chi connectivity index (χ2n) is 6.22. The predicted octanol–water partition coefficient (Wildman–Crippen LogP) is 1.47. The number of rotatable bonds is 4. The first-order chi connectivity index (χ1) is 10.7. The fraction of sp³-hybridized carbons (Fsp3) is 0.800. The maximum Gasteiger partial charge on any atom is 0.264 e. The Hall–Kier alpha value is -1.05. The lowest BCUT2D eigenvalue weighted by Gasteiger charge is -2.39. The van der Waals surface area contributed by atoms with Crippen LogP contribution in [0.2, 0.25) is 0 Å². The molecule has 0 aliphatic carbocycles. The molecule has 6 nitrogen and oxygen atoms in total.